The van der Waals surface area contributed by atoms with Crippen LogP contribution in [0, 0.1) is 6.92 Å². The average molecular weight is 204 g/mol. The molecule has 4 heteroatoms. The minimum Gasteiger partial charge on any atom is -0.383 e. The van der Waals surface area contributed by atoms with Crippen molar-refractivity contribution in [1.82, 2.24) is 14.6 Å². The number of hydrogen-bond donors (Lipinski definition) is 1. The van der Waals surface area contributed by atoms with Gasteiger partial charge < -0.3 is 5.32 Å². The third kappa shape index (κ3) is 1.07. The molecule has 0 spiro atoms. The molecule has 0 fully saturated rings. The van der Waals surface area contributed by atoms with Crippen LogP contribution >= 0.6 is 0 Å². The third-order valence-electron chi connectivity index (χ3n) is 3.01. The SMILES string of the molecule is Cc1cn2ncc3c(c2n1)C(C)(C)CN3.[HH]. The van der Waals surface area contributed by atoms with Gasteiger partial charge in [-0.3, -0.25) is 0 Å². The topological polar surface area (TPSA) is 42.2 Å². The van der Waals surface area contributed by atoms with Gasteiger partial charge in [0.2, 0.25) is 0 Å². The number of aryl methyl sites for hydroxylation is 1. The lowest BCUT2D eigenvalue weighted by molar-refractivity contribution is 0.586. The van der Waals surface area contributed by atoms with E-state index in [0.717, 1.165) is 23.6 Å². The van der Waals surface area contributed by atoms with Gasteiger partial charge in [-0.1, -0.05) is 13.8 Å². The molecule has 0 saturated heterocycles. The molecule has 0 radical (unpaired) electrons. The van der Waals surface area contributed by atoms with Crippen molar-refractivity contribution < 1.29 is 1.43 Å². The summed E-state index contributed by atoms with van der Waals surface area (Å²) in [7, 11) is 0. The Morgan fingerprint density at radius 3 is 3.13 bits per heavy atom. The van der Waals surface area contributed by atoms with Crippen LogP contribution in [0.4, 0.5) is 5.69 Å². The quantitative estimate of drug-likeness (QED) is 0.713. The first-order valence-corrected chi connectivity index (χ1v) is 5.17. The normalized spacial score (nSPS) is 17.8. The molecule has 0 aliphatic carbocycles. The molecule has 1 aliphatic rings. The Morgan fingerprint density at radius 1 is 1.53 bits per heavy atom. The van der Waals surface area contributed by atoms with Gasteiger partial charge in [0.1, 0.15) is 0 Å². The van der Waals surface area contributed by atoms with Crippen LogP contribution in [0.25, 0.3) is 5.65 Å². The van der Waals surface area contributed by atoms with Crippen LogP contribution in [0.3, 0.4) is 0 Å². The van der Waals surface area contributed by atoms with Crippen molar-refractivity contribution >= 4 is 11.3 Å². The fourth-order valence-corrected chi connectivity index (χ4v) is 2.25. The van der Waals surface area contributed by atoms with Gasteiger partial charge in [-0.2, -0.15) is 5.10 Å². The van der Waals surface area contributed by atoms with Gasteiger partial charge in [-0.25, -0.2) is 9.50 Å². The number of rotatable bonds is 0. The lowest BCUT2D eigenvalue weighted by Gasteiger charge is -2.16. The molecule has 0 saturated carbocycles. The monoisotopic (exact) mass is 204 g/mol. The van der Waals surface area contributed by atoms with E-state index in [2.05, 4.69) is 29.2 Å². The number of fused-ring (bicyclic) bond motifs is 3. The zero-order chi connectivity index (χ0) is 10.6. The second-order valence-electron chi connectivity index (χ2n) is 4.82. The highest BCUT2D eigenvalue weighted by Gasteiger charge is 2.33. The van der Waals surface area contributed by atoms with E-state index in [1.54, 1.807) is 0 Å². The van der Waals surface area contributed by atoms with Crippen LogP contribution in [-0.2, 0) is 5.41 Å². The minimum absolute atomic E-state index is 0. The van der Waals surface area contributed by atoms with Gasteiger partial charge in [0.25, 0.3) is 0 Å². The van der Waals surface area contributed by atoms with Gasteiger partial charge in [-0.15, -0.1) is 0 Å². The van der Waals surface area contributed by atoms with Crippen LogP contribution < -0.4 is 5.32 Å². The zero-order valence-corrected chi connectivity index (χ0v) is 9.20. The largest absolute Gasteiger partial charge is 0.383 e. The lowest BCUT2D eigenvalue weighted by atomic mass is 9.88. The van der Waals surface area contributed by atoms with Gasteiger partial charge in [-0.05, 0) is 6.92 Å². The van der Waals surface area contributed by atoms with E-state index in [1.807, 2.05) is 23.8 Å². The summed E-state index contributed by atoms with van der Waals surface area (Å²) in [5.41, 5.74) is 4.54. The molecule has 2 aromatic heterocycles. The Kier molecular flexibility index (Phi) is 1.45. The Morgan fingerprint density at radius 2 is 2.33 bits per heavy atom. The first-order valence-electron chi connectivity index (χ1n) is 5.17. The standard InChI is InChI=1S/C11H14N4.H2/c1-7-5-15-10(14-7)9-8(4-13-15)12-6-11(9,2)3;/h4-5,12H,6H2,1-3H3;1H. The summed E-state index contributed by atoms with van der Waals surface area (Å²) in [5, 5.41) is 7.71. The second-order valence-corrected chi connectivity index (χ2v) is 4.82. The fraction of sp³-hybridized carbons (Fsp3) is 0.455. The first-order chi connectivity index (χ1) is 7.08. The van der Waals surface area contributed by atoms with Crippen molar-refractivity contribution in [2.45, 2.75) is 26.2 Å². The summed E-state index contributed by atoms with van der Waals surface area (Å²) >= 11 is 0. The van der Waals surface area contributed by atoms with Crippen LogP contribution in [-0.4, -0.2) is 21.1 Å². The molecule has 1 aliphatic heterocycles. The van der Waals surface area contributed by atoms with Crippen molar-refractivity contribution in [3.8, 4) is 0 Å². The van der Waals surface area contributed by atoms with E-state index in [1.165, 1.54) is 5.56 Å². The minimum atomic E-state index is 0. The molecule has 3 rings (SSSR count). The molecular formula is C11H16N4. The molecule has 0 atom stereocenters. The lowest BCUT2D eigenvalue weighted by Crippen LogP contribution is -2.19. The van der Waals surface area contributed by atoms with Gasteiger partial charge in [0, 0.05) is 18.9 Å². The van der Waals surface area contributed by atoms with E-state index in [9.17, 15) is 0 Å². The summed E-state index contributed by atoms with van der Waals surface area (Å²) in [6, 6.07) is 0. The second kappa shape index (κ2) is 2.51. The smallest absolute Gasteiger partial charge is 0.159 e. The maximum atomic E-state index is 4.54. The van der Waals surface area contributed by atoms with Gasteiger partial charge in [0.05, 0.1) is 23.8 Å². The van der Waals surface area contributed by atoms with Crippen LogP contribution in [0.5, 0.6) is 0 Å². The maximum absolute atomic E-state index is 4.54. The molecule has 1 N–H and O–H groups in total. The number of nitrogens with one attached hydrogen (secondary N) is 1. The molecule has 3 heterocycles. The molecule has 2 aromatic rings. The van der Waals surface area contributed by atoms with E-state index >= 15 is 0 Å². The average Bonchev–Trinajstić information content (AvgIpc) is 2.65. The van der Waals surface area contributed by atoms with Crippen molar-refractivity contribution in [3.05, 3.63) is 23.7 Å². The Bertz CT molecular complexity index is 544. The predicted octanol–water partition coefficient (Wildman–Crippen LogP) is 1.99. The van der Waals surface area contributed by atoms with E-state index < -0.39 is 0 Å². The summed E-state index contributed by atoms with van der Waals surface area (Å²) in [6.07, 6.45) is 3.85. The van der Waals surface area contributed by atoms with Crippen molar-refractivity contribution in [2.75, 3.05) is 11.9 Å². The molecule has 0 unspecified atom stereocenters. The molecule has 15 heavy (non-hydrogen) atoms. The molecule has 0 aromatic carbocycles. The highest BCUT2D eigenvalue weighted by molar-refractivity contribution is 5.69. The highest BCUT2D eigenvalue weighted by Crippen LogP contribution is 2.37. The zero-order valence-electron chi connectivity index (χ0n) is 9.20. The number of hydrogen-bond acceptors (Lipinski definition) is 3. The van der Waals surface area contributed by atoms with Crippen molar-refractivity contribution in [3.63, 3.8) is 0 Å². The highest BCUT2D eigenvalue weighted by atomic mass is 15.3. The van der Waals surface area contributed by atoms with E-state index in [-0.39, 0.29) is 6.84 Å². The fourth-order valence-electron chi connectivity index (χ4n) is 2.25. The molecule has 80 valence electrons. The number of imidazole rings is 1. The van der Waals surface area contributed by atoms with Crippen LogP contribution in [0.2, 0.25) is 0 Å². The van der Waals surface area contributed by atoms with Crippen molar-refractivity contribution in [2.24, 2.45) is 0 Å². The van der Waals surface area contributed by atoms with Crippen molar-refractivity contribution in [1.29, 1.82) is 0 Å². The van der Waals surface area contributed by atoms with Crippen LogP contribution in [0.1, 0.15) is 26.5 Å². The maximum Gasteiger partial charge on any atom is 0.159 e. The molecule has 0 amide bonds. The van der Waals surface area contributed by atoms with Gasteiger partial charge >= 0.3 is 0 Å². The summed E-state index contributed by atoms with van der Waals surface area (Å²) in [6.45, 7) is 7.41. The summed E-state index contributed by atoms with van der Waals surface area (Å²) in [5.74, 6) is 0. The summed E-state index contributed by atoms with van der Waals surface area (Å²) in [4.78, 5) is 4.54. The van der Waals surface area contributed by atoms with Crippen LogP contribution in [0.15, 0.2) is 12.4 Å². The molecule has 0 bridgehead atoms. The van der Waals surface area contributed by atoms with E-state index in [0.29, 0.717) is 0 Å². The van der Waals surface area contributed by atoms with E-state index in [4.69, 9.17) is 0 Å². The molecular weight excluding hydrogens is 188 g/mol. The number of aromatic nitrogens is 3. The Balaban J connectivity index is 0.000000963. The van der Waals surface area contributed by atoms with Gasteiger partial charge in [0.15, 0.2) is 5.65 Å². The first kappa shape index (κ1) is 8.71. The third-order valence-corrected chi connectivity index (χ3v) is 3.01. The Hall–Kier alpha value is -1.58. The number of anilines is 1. The molecule has 4 nitrogen and oxygen atoms in total. The predicted molar refractivity (Wildman–Crippen MR) is 61.4 cm³/mol. The number of nitrogens with zero attached hydrogens (tertiary/aromatic N) is 3. The summed E-state index contributed by atoms with van der Waals surface area (Å²) < 4.78 is 1.86. The Labute approximate surface area is 89.8 Å².